The van der Waals surface area contributed by atoms with Crippen LogP contribution in [0.3, 0.4) is 0 Å². The second-order valence-electron chi connectivity index (χ2n) is 5.40. The molecule has 0 saturated heterocycles. The van der Waals surface area contributed by atoms with Crippen molar-refractivity contribution in [3.63, 3.8) is 0 Å². The molecule has 2 atom stereocenters. The minimum atomic E-state index is -0.778. The highest BCUT2D eigenvalue weighted by Crippen LogP contribution is 2.34. The first-order chi connectivity index (χ1) is 8.76. The number of hydrogen-bond donors (Lipinski definition) is 0. The third-order valence-electron chi connectivity index (χ3n) is 3.34. The fourth-order valence-electron chi connectivity index (χ4n) is 2.10. The Morgan fingerprint density at radius 1 is 1.11 bits per heavy atom. The molecular formula is C15H22O4. The van der Waals surface area contributed by atoms with Gasteiger partial charge in [-0.15, -0.1) is 0 Å². The van der Waals surface area contributed by atoms with Crippen LogP contribution in [0.5, 0.6) is 0 Å². The van der Waals surface area contributed by atoms with Crippen LogP contribution in [0.25, 0.3) is 0 Å². The Bertz CT molecular complexity index is 410. The van der Waals surface area contributed by atoms with Gasteiger partial charge in [0.05, 0.1) is 0 Å². The maximum atomic E-state index is 11.7. The van der Waals surface area contributed by atoms with Gasteiger partial charge in [-0.1, -0.05) is 13.2 Å². The molecule has 0 radical (unpaired) electrons. The normalized spacial score (nSPS) is 26.4. The Balaban J connectivity index is 2.81. The summed E-state index contributed by atoms with van der Waals surface area (Å²) < 4.78 is 10.9. The molecule has 1 aliphatic rings. The van der Waals surface area contributed by atoms with Crippen LogP contribution < -0.4 is 0 Å². The van der Waals surface area contributed by atoms with Crippen molar-refractivity contribution in [2.75, 3.05) is 0 Å². The van der Waals surface area contributed by atoms with E-state index in [1.165, 1.54) is 0 Å². The van der Waals surface area contributed by atoms with E-state index in [1.807, 2.05) is 6.92 Å². The Hall–Kier alpha value is -1.58. The quantitative estimate of drug-likeness (QED) is 0.580. The molecule has 0 N–H and O–H groups in total. The molecule has 0 aromatic heterocycles. The first-order valence-electron chi connectivity index (χ1n) is 6.51. The summed E-state index contributed by atoms with van der Waals surface area (Å²) in [6.07, 6.45) is 2.85. The first kappa shape index (κ1) is 15.5. The molecule has 4 nitrogen and oxygen atoms in total. The van der Waals surface area contributed by atoms with Crippen LogP contribution in [0.1, 0.15) is 46.5 Å². The van der Waals surface area contributed by atoms with Crippen molar-refractivity contribution in [3.8, 4) is 0 Å². The molecule has 19 heavy (non-hydrogen) atoms. The molecule has 0 aliphatic heterocycles. The zero-order valence-corrected chi connectivity index (χ0v) is 12.0. The molecule has 0 bridgehead atoms. The first-order valence-corrected chi connectivity index (χ1v) is 6.51. The third-order valence-corrected chi connectivity index (χ3v) is 3.34. The van der Waals surface area contributed by atoms with Gasteiger partial charge >= 0.3 is 11.9 Å². The lowest BCUT2D eigenvalue weighted by molar-refractivity contribution is -0.185. The van der Waals surface area contributed by atoms with Crippen molar-refractivity contribution in [1.29, 1.82) is 0 Å². The van der Waals surface area contributed by atoms with Crippen molar-refractivity contribution in [2.45, 2.75) is 58.2 Å². The predicted octanol–water partition coefficient (Wildman–Crippen LogP) is 2.93. The Morgan fingerprint density at radius 3 is 2.21 bits per heavy atom. The van der Waals surface area contributed by atoms with Gasteiger partial charge in [-0.25, -0.2) is 9.59 Å². The average Bonchev–Trinajstić information content (AvgIpc) is 2.31. The number of esters is 2. The van der Waals surface area contributed by atoms with E-state index >= 15 is 0 Å². The van der Waals surface area contributed by atoms with E-state index in [2.05, 4.69) is 13.2 Å². The van der Waals surface area contributed by atoms with Gasteiger partial charge in [-0.3, -0.25) is 0 Å². The maximum absolute atomic E-state index is 11.7. The van der Waals surface area contributed by atoms with E-state index in [0.717, 1.165) is 12.8 Å². The topological polar surface area (TPSA) is 52.6 Å². The predicted molar refractivity (Wildman–Crippen MR) is 72.5 cm³/mol. The average molecular weight is 266 g/mol. The number of rotatable bonds is 4. The summed E-state index contributed by atoms with van der Waals surface area (Å²) in [5.41, 5.74) is -0.0877. The molecule has 0 aromatic rings. The monoisotopic (exact) mass is 266 g/mol. The Morgan fingerprint density at radius 2 is 1.68 bits per heavy atom. The van der Waals surface area contributed by atoms with Gasteiger partial charge in [0.1, 0.15) is 11.7 Å². The van der Waals surface area contributed by atoms with E-state index in [4.69, 9.17) is 9.47 Å². The number of carbonyl (C=O) groups is 2. The van der Waals surface area contributed by atoms with Crippen molar-refractivity contribution in [1.82, 2.24) is 0 Å². The standard InChI is InChI=1S/C15H22O4/c1-10(2)13(16)18-12-8-6-7-9-15(12,5)19-14(17)11(3)4/h12H,1,3,6-9H2,2,4-5H3. The van der Waals surface area contributed by atoms with Gasteiger partial charge in [0, 0.05) is 11.1 Å². The van der Waals surface area contributed by atoms with E-state index < -0.39 is 23.6 Å². The van der Waals surface area contributed by atoms with Crippen LogP contribution in [0.2, 0.25) is 0 Å². The zero-order chi connectivity index (χ0) is 14.6. The molecule has 1 saturated carbocycles. The highest BCUT2D eigenvalue weighted by molar-refractivity contribution is 5.88. The molecule has 2 unspecified atom stereocenters. The lowest BCUT2D eigenvalue weighted by Crippen LogP contribution is -2.48. The largest absolute Gasteiger partial charge is 0.455 e. The van der Waals surface area contributed by atoms with Gasteiger partial charge in [-0.05, 0) is 46.5 Å². The summed E-state index contributed by atoms with van der Waals surface area (Å²) in [5.74, 6) is -0.884. The lowest BCUT2D eigenvalue weighted by Gasteiger charge is -2.39. The molecule has 4 heteroatoms. The van der Waals surface area contributed by atoms with Gasteiger partial charge in [0.15, 0.2) is 0 Å². The van der Waals surface area contributed by atoms with E-state index in [9.17, 15) is 9.59 Å². The highest BCUT2D eigenvalue weighted by atomic mass is 16.6. The summed E-state index contributed by atoms with van der Waals surface area (Å²) >= 11 is 0. The molecule has 1 aliphatic carbocycles. The summed E-state index contributed by atoms with van der Waals surface area (Å²) in [5, 5.41) is 0. The van der Waals surface area contributed by atoms with Crippen molar-refractivity contribution in [2.24, 2.45) is 0 Å². The SMILES string of the molecule is C=C(C)C(=O)OC1CCCCC1(C)OC(=O)C(=C)C. The summed E-state index contributed by atoms with van der Waals surface area (Å²) in [6.45, 7) is 12.1. The molecule has 0 spiro atoms. The fourth-order valence-corrected chi connectivity index (χ4v) is 2.10. The van der Waals surface area contributed by atoms with Gasteiger partial charge in [0.2, 0.25) is 0 Å². The molecule has 1 fully saturated rings. The Kier molecular flexibility index (Phi) is 4.92. The maximum Gasteiger partial charge on any atom is 0.333 e. The van der Waals surface area contributed by atoms with Crippen LogP contribution >= 0.6 is 0 Å². The lowest BCUT2D eigenvalue weighted by atomic mass is 9.83. The van der Waals surface area contributed by atoms with Crippen LogP contribution in [0.4, 0.5) is 0 Å². The fraction of sp³-hybridized carbons (Fsp3) is 0.600. The molecule has 1 rings (SSSR count). The van der Waals surface area contributed by atoms with Crippen molar-refractivity contribution < 1.29 is 19.1 Å². The molecule has 0 amide bonds. The zero-order valence-electron chi connectivity index (χ0n) is 12.0. The summed E-state index contributed by atoms with van der Waals surface area (Å²) in [6, 6.07) is 0. The third kappa shape index (κ3) is 3.94. The van der Waals surface area contributed by atoms with E-state index in [-0.39, 0.29) is 0 Å². The van der Waals surface area contributed by atoms with Gasteiger partial charge < -0.3 is 9.47 Å². The summed E-state index contributed by atoms with van der Waals surface area (Å²) in [4.78, 5) is 23.3. The number of carbonyl (C=O) groups excluding carboxylic acids is 2. The van der Waals surface area contributed by atoms with E-state index in [0.29, 0.717) is 24.0 Å². The van der Waals surface area contributed by atoms with Crippen molar-refractivity contribution in [3.05, 3.63) is 24.3 Å². The number of ether oxygens (including phenoxy) is 2. The van der Waals surface area contributed by atoms with Gasteiger partial charge in [-0.2, -0.15) is 0 Å². The van der Waals surface area contributed by atoms with Crippen LogP contribution in [-0.2, 0) is 19.1 Å². The Labute approximate surface area is 114 Å². The van der Waals surface area contributed by atoms with E-state index in [1.54, 1.807) is 13.8 Å². The molecular weight excluding hydrogens is 244 g/mol. The van der Waals surface area contributed by atoms with Crippen LogP contribution in [0.15, 0.2) is 24.3 Å². The van der Waals surface area contributed by atoms with Crippen molar-refractivity contribution >= 4 is 11.9 Å². The molecule has 0 heterocycles. The second-order valence-corrected chi connectivity index (χ2v) is 5.40. The van der Waals surface area contributed by atoms with Crippen LogP contribution in [0, 0.1) is 0 Å². The minimum absolute atomic E-state index is 0.344. The minimum Gasteiger partial charge on any atom is -0.455 e. The second kappa shape index (κ2) is 6.04. The molecule has 106 valence electrons. The number of hydrogen-bond acceptors (Lipinski definition) is 4. The van der Waals surface area contributed by atoms with Crippen LogP contribution in [-0.4, -0.2) is 23.6 Å². The smallest absolute Gasteiger partial charge is 0.333 e. The summed E-state index contributed by atoms with van der Waals surface area (Å²) in [7, 11) is 0. The molecule has 0 aromatic carbocycles. The highest BCUT2D eigenvalue weighted by Gasteiger charge is 2.42. The van der Waals surface area contributed by atoms with Gasteiger partial charge in [0.25, 0.3) is 0 Å².